The van der Waals surface area contributed by atoms with Gasteiger partial charge in [0, 0.05) is 44.8 Å². The molecule has 2 saturated heterocycles. The summed E-state index contributed by atoms with van der Waals surface area (Å²) in [4.78, 5) is 2.50. The van der Waals surface area contributed by atoms with Gasteiger partial charge >= 0.3 is 0 Å². The molecule has 0 radical (unpaired) electrons. The molecular formula is C11H23N3O. The molecule has 2 aliphatic heterocycles. The molecule has 2 rings (SSSR count). The Kier molecular flexibility index (Phi) is 3.97. The summed E-state index contributed by atoms with van der Waals surface area (Å²) in [6.07, 6.45) is 0.397. The molecule has 0 spiro atoms. The largest absolute Gasteiger partial charge is 0.376 e. The lowest BCUT2D eigenvalue weighted by molar-refractivity contribution is -0.0215. The van der Waals surface area contributed by atoms with E-state index in [0.29, 0.717) is 18.2 Å². The van der Waals surface area contributed by atoms with E-state index in [1.54, 1.807) is 0 Å². The van der Waals surface area contributed by atoms with E-state index < -0.39 is 0 Å². The van der Waals surface area contributed by atoms with Crippen LogP contribution in [0, 0.1) is 0 Å². The van der Waals surface area contributed by atoms with Crippen LogP contribution in [0.1, 0.15) is 13.8 Å². The summed E-state index contributed by atoms with van der Waals surface area (Å²) < 4.78 is 5.54. The molecule has 0 aromatic rings. The second-order valence-corrected chi connectivity index (χ2v) is 4.86. The van der Waals surface area contributed by atoms with Gasteiger partial charge in [-0.15, -0.1) is 0 Å². The molecule has 0 aromatic carbocycles. The van der Waals surface area contributed by atoms with E-state index >= 15 is 0 Å². The molecule has 2 fully saturated rings. The van der Waals surface area contributed by atoms with Crippen LogP contribution < -0.4 is 10.6 Å². The summed E-state index contributed by atoms with van der Waals surface area (Å²) in [7, 11) is 0. The molecule has 2 heterocycles. The minimum atomic E-state index is 0.397. The quantitative estimate of drug-likeness (QED) is 0.658. The number of rotatable bonds is 2. The zero-order valence-electron chi connectivity index (χ0n) is 9.83. The van der Waals surface area contributed by atoms with Gasteiger partial charge in [0.05, 0.1) is 12.7 Å². The Morgan fingerprint density at radius 2 is 2.13 bits per heavy atom. The summed E-state index contributed by atoms with van der Waals surface area (Å²) in [5, 5.41) is 7.10. The van der Waals surface area contributed by atoms with Gasteiger partial charge < -0.3 is 15.4 Å². The predicted molar refractivity (Wildman–Crippen MR) is 61.1 cm³/mol. The van der Waals surface area contributed by atoms with E-state index in [2.05, 4.69) is 29.4 Å². The third-order valence-corrected chi connectivity index (χ3v) is 3.23. The highest BCUT2D eigenvalue weighted by Gasteiger charge is 2.22. The van der Waals surface area contributed by atoms with E-state index in [4.69, 9.17) is 4.74 Å². The maximum Gasteiger partial charge on any atom is 0.0674 e. The Bertz CT molecular complexity index is 192. The fourth-order valence-corrected chi connectivity index (χ4v) is 2.33. The van der Waals surface area contributed by atoms with E-state index in [1.165, 1.54) is 0 Å². The fraction of sp³-hybridized carbons (Fsp3) is 1.00. The van der Waals surface area contributed by atoms with Crippen molar-refractivity contribution in [1.29, 1.82) is 0 Å². The lowest BCUT2D eigenvalue weighted by atomic mass is 10.1. The Morgan fingerprint density at radius 3 is 2.80 bits per heavy atom. The van der Waals surface area contributed by atoms with Crippen molar-refractivity contribution in [2.75, 3.05) is 39.3 Å². The second-order valence-electron chi connectivity index (χ2n) is 4.86. The normalized spacial score (nSPS) is 39.2. The maximum atomic E-state index is 5.54. The van der Waals surface area contributed by atoms with Crippen molar-refractivity contribution in [3.63, 3.8) is 0 Å². The highest BCUT2D eigenvalue weighted by Crippen LogP contribution is 2.05. The van der Waals surface area contributed by atoms with Gasteiger partial charge in [-0.25, -0.2) is 0 Å². The Hall–Kier alpha value is -0.160. The number of nitrogens with zero attached hydrogens (tertiary/aromatic N) is 1. The summed E-state index contributed by atoms with van der Waals surface area (Å²) in [5.74, 6) is 0. The highest BCUT2D eigenvalue weighted by atomic mass is 16.5. The standard InChI is InChI=1S/C11H23N3O/c1-9-5-13-11(6-12-9)8-14-3-4-15-10(2)7-14/h9-13H,3-8H2,1-2H3/t9?,10-,11+/m0/s1. The van der Waals surface area contributed by atoms with Crippen molar-refractivity contribution in [1.82, 2.24) is 15.5 Å². The second kappa shape index (κ2) is 5.25. The minimum absolute atomic E-state index is 0.397. The van der Waals surface area contributed by atoms with Crippen LogP contribution in [0.15, 0.2) is 0 Å². The molecule has 3 atom stereocenters. The van der Waals surface area contributed by atoms with Crippen molar-refractivity contribution in [3.8, 4) is 0 Å². The Labute approximate surface area is 92.4 Å². The van der Waals surface area contributed by atoms with Gasteiger partial charge in [0.2, 0.25) is 0 Å². The van der Waals surface area contributed by atoms with Crippen LogP contribution in [0.4, 0.5) is 0 Å². The Morgan fingerprint density at radius 1 is 1.27 bits per heavy atom. The van der Waals surface area contributed by atoms with E-state index in [1.807, 2.05) is 0 Å². The van der Waals surface area contributed by atoms with Crippen molar-refractivity contribution in [2.45, 2.75) is 32.0 Å². The molecule has 0 saturated carbocycles. The first-order valence-corrected chi connectivity index (χ1v) is 6.05. The van der Waals surface area contributed by atoms with Crippen molar-refractivity contribution >= 4 is 0 Å². The van der Waals surface area contributed by atoms with Crippen molar-refractivity contribution in [3.05, 3.63) is 0 Å². The van der Waals surface area contributed by atoms with Gasteiger partial charge in [-0.05, 0) is 13.8 Å². The summed E-state index contributed by atoms with van der Waals surface area (Å²) in [6.45, 7) is 10.7. The molecular weight excluding hydrogens is 190 g/mol. The van der Waals surface area contributed by atoms with Crippen LogP contribution in [0.25, 0.3) is 0 Å². The molecule has 0 amide bonds. The SMILES string of the molecule is CC1CN[C@@H](CN2CCO[C@@H](C)C2)CN1. The molecule has 2 N–H and O–H groups in total. The van der Waals surface area contributed by atoms with Gasteiger partial charge in [0.15, 0.2) is 0 Å². The fourth-order valence-electron chi connectivity index (χ4n) is 2.33. The molecule has 4 heteroatoms. The highest BCUT2D eigenvalue weighted by molar-refractivity contribution is 4.83. The number of piperazine rings is 1. The zero-order chi connectivity index (χ0) is 10.7. The summed E-state index contributed by atoms with van der Waals surface area (Å²) in [5.41, 5.74) is 0. The lowest BCUT2D eigenvalue weighted by Crippen LogP contribution is -2.58. The third-order valence-electron chi connectivity index (χ3n) is 3.23. The lowest BCUT2D eigenvalue weighted by Gasteiger charge is -2.36. The third kappa shape index (κ3) is 3.41. The number of morpholine rings is 1. The van der Waals surface area contributed by atoms with Crippen LogP contribution in [-0.4, -0.2) is 62.4 Å². The first-order chi connectivity index (χ1) is 7.24. The van der Waals surface area contributed by atoms with Gasteiger partial charge in [0.25, 0.3) is 0 Å². The molecule has 1 unspecified atom stereocenters. The first-order valence-electron chi connectivity index (χ1n) is 6.05. The number of nitrogens with one attached hydrogen (secondary N) is 2. The van der Waals surface area contributed by atoms with Crippen LogP contribution in [0.3, 0.4) is 0 Å². The number of ether oxygens (including phenoxy) is 1. The van der Waals surface area contributed by atoms with Crippen LogP contribution in [0.2, 0.25) is 0 Å². The molecule has 4 nitrogen and oxygen atoms in total. The zero-order valence-corrected chi connectivity index (χ0v) is 9.83. The molecule has 88 valence electrons. The minimum Gasteiger partial charge on any atom is -0.376 e. The number of hydrogen-bond acceptors (Lipinski definition) is 4. The molecule has 15 heavy (non-hydrogen) atoms. The molecule has 0 aliphatic carbocycles. The smallest absolute Gasteiger partial charge is 0.0674 e. The average molecular weight is 213 g/mol. The topological polar surface area (TPSA) is 36.5 Å². The van der Waals surface area contributed by atoms with Gasteiger partial charge in [-0.3, -0.25) is 4.90 Å². The van der Waals surface area contributed by atoms with E-state index in [9.17, 15) is 0 Å². The molecule has 0 aromatic heterocycles. The van der Waals surface area contributed by atoms with Gasteiger partial charge in [0.1, 0.15) is 0 Å². The average Bonchev–Trinajstić information content (AvgIpc) is 2.22. The summed E-state index contributed by atoms with van der Waals surface area (Å²) >= 11 is 0. The summed E-state index contributed by atoms with van der Waals surface area (Å²) in [6, 6.07) is 1.22. The number of hydrogen-bond donors (Lipinski definition) is 2. The first kappa shape index (κ1) is 11.3. The van der Waals surface area contributed by atoms with E-state index in [-0.39, 0.29) is 0 Å². The maximum absolute atomic E-state index is 5.54. The predicted octanol–water partition coefficient (Wildman–Crippen LogP) is -0.343. The Balaban J connectivity index is 1.71. The van der Waals surface area contributed by atoms with Crippen molar-refractivity contribution in [2.24, 2.45) is 0 Å². The molecule has 2 aliphatic rings. The van der Waals surface area contributed by atoms with Gasteiger partial charge in [-0.2, -0.15) is 0 Å². The van der Waals surface area contributed by atoms with Crippen LogP contribution in [0.5, 0.6) is 0 Å². The van der Waals surface area contributed by atoms with Crippen LogP contribution in [-0.2, 0) is 4.74 Å². The van der Waals surface area contributed by atoms with E-state index in [0.717, 1.165) is 39.3 Å². The molecule has 0 bridgehead atoms. The monoisotopic (exact) mass is 213 g/mol. The van der Waals surface area contributed by atoms with Crippen molar-refractivity contribution < 1.29 is 4.74 Å². The van der Waals surface area contributed by atoms with Crippen LogP contribution >= 0.6 is 0 Å². The van der Waals surface area contributed by atoms with Gasteiger partial charge in [-0.1, -0.05) is 0 Å².